The number of carbonyl (C=O) groups excluding carboxylic acids is 2. The summed E-state index contributed by atoms with van der Waals surface area (Å²) in [4.78, 5) is 33.5. The van der Waals surface area contributed by atoms with Gasteiger partial charge >= 0.3 is 0 Å². The highest BCUT2D eigenvalue weighted by Gasteiger charge is 2.32. The number of thiophene rings is 1. The predicted molar refractivity (Wildman–Crippen MR) is 141 cm³/mol. The first kappa shape index (κ1) is 25.2. The molecule has 5 nitrogen and oxygen atoms in total. The van der Waals surface area contributed by atoms with Crippen molar-refractivity contribution in [1.29, 1.82) is 0 Å². The maximum atomic E-state index is 14.1. The number of amides is 2. The molecule has 0 unspecified atom stereocenters. The van der Waals surface area contributed by atoms with Gasteiger partial charge in [-0.25, -0.2) is 4.39 Å². The Labute approximate surface area is 224 Å². The van der Waals surface area contributed by atoms with E-state index in [1.807, 2.05) is 11.0 Å². The zero-order valence-electron chi connectivity index (χ0n) is 19.6. The molecule has 1 aromatic heterocycles. The first-order valence-electron chi connectivity index (χ1n) is 12.0. The lowest BCUT2D eigenvalue weighted by Crippen LogP contribution is -2.45. The maximum Gasteiger partial charge on any atom is 0.253 e. The van der Waals surface area contributed by atoms with E-state index in [0.29, 0.717) is 48.2 Å². The van der Waals surface area contributed by atoms with Crippen molar-refractivity contribution in [2.24, 2.45) is 0 Å². The molecule has 2 aliphatic heterocycles. The van der Waals surface area contributed by atoms with E-state index in [1.165, 1.54) is 10.9 Å². The number of halogens is 3. The van der Waals surface area contributed by atoms with Crippen molar-refractivity contribution < 1.29 is 14.0 Å². The first-order valence-corrected chi connectivity index (χ1v) is 13.6. The molecule has 2 aliphatic rings. The Hall–Kier alpha value is -2.45. The van der Waals surface area contributed by atoms with Crippen LogP contribution in [0.15, 0.2) is 53.9 Å². The molecule has 188 valence electrons. The Morgan fingerprint density at radius 3 is 2.56 bits per heavy atom. The van der Waals surface area contributed by atoms with Crippen LogP contribution in [0.25, 0.3) is 0 Å². The quantitative estimate of drug-likeness (QED) is 0.433. The topological polar surface area (TPSA) is 43.9 Å². The third kappa shape index (κ3) is 5.30. The van der Waals surface area contributed by atoms with Crippen LogP contribution in [0.2, 0.25) is 10.0 Å². The molecule has 1 saturated heterocycles. The highest BCUT2D eigenvalue weighted by atomic mass is 35.5. The Morgan fingerprint density at radius 2 is 1.75 bits per heavy atom. The number of nitrogens with zero attached hydrogens (tertiary/aromatic N) is 3. The van der Waals surface area contributed by atoms with Gasteiger partial charge in [0.05, 0.1) is 22.6 Å². The Balaban J connectivity index is 1.27. The minimum Gasteiger partial charge on any atom is -0.340 e. The summed E-state index contributed by atoms with van der Waals surface area (Å²) in [5.41, 5.74) is 2.50. The first-order chi connectivity index (χ1) is 17.4. The van der Waals surface area contributed by atoms with Crippen LogP contribution in [0.4, 0.5) is 4.39 Å². The van der Waals surface area contributed by atoms with E-state index >= 15 is 0 Å². The number of carbonyl (C=O) groups is 2. The summed E-state index contributed by atoms with van der Waals surface area (Å²) in [6, 6.07) is 13.5. The van der Waals surface area contributed by atoms with Gasteiger partial charge in [0.2, 0.25) is 5.91 Å². The van der Waals surface area contributed by atoms with Crippen molar-refractivity contribution in [2.75, 3.05) is 39.3 Å². The molecule has 0 N–H and O–H groups in total. The van der Waals surface area contributed by atoms with E-state index in [-0.39, 0.29) is 30.2 Å². The second-order valence-corrected chi connectivity index (χ2v) is 10.9. The largest absolute Gasteiger partial charge is 0.340 e. The van der Waals surface area contributed by atoms with Crippen LogP contribution in [0.3, 0.4) is 0 Å². The van der Waals surface area contributed by atoms with Crippen molar-refractivity contribution in [3.05, 3.63) is 91.3 Å². The number of fused-ring (bicyclic) bond motifs is 1. The SMILES string of the molecule is O=C(CN1CCc2sccc2[C@H]1c1cccc(F)c1)N1CCCN(C(=O)c2ccc(Cl)c(Cl)c2)CC1. The average Bonchev–Trinajstić information content (AvgIpc) is 3.20. The van der Waals surface area contributed by atoms with Crippen LogP contribution >= 0.6 is 34.5 Å². The van der Waals surface area contributed by atoms with Crippen LogP contribution < -0.4 is 0 Å². The van der Waals surface area contributed by atoms with Crippen molar-refractivity contribution in [3.63, 3.8) is 0 Å². The lowest BCUT2D eigenvalue weighted by Gasteiger charge is -2.37. The van der Waals surface area contributed by atoms with Crippen LogP contribution in [-0.2, 0) is 11.2 Å². The highest BCUT2D eigenvalue weighted by molar-refractivity contribution is 7.10. The lowest BCUT2D eigenvalue weighted by molar-refractivity contribution is -0.132. The minimum atomic E-state index is -0.277. The molecule has 0 radical (unpaired) electrons. The van der Waals surface area contributed by atoms with E-state index in [0.717, 1.165) is 24.1 Å². The standard InChI is InChI=1S/C27H26Cl2FN3O2S/c28-22-6-5-19(16-23(22)29)27(35)32-10-2-9-31(12-13-32)25(34)17-33-11-7-24-21(8-14-36-24)26(33)18-3-1-4-20(30)15-18/h1,3-6,8,14-16,26H,2,7,9-13,17H2/t26-/m1/s1. The normalized spacial score (nSPS) is 18.6. The van der Waals surface area contributed by atoms with Gasteiger partial charge < -0.3 is 9.80 Å². The van der Waals surface area contributed by atoms with E-state index in [2.05, 4.69) is 16.3 Å². The second kappa shape index (κ2) is 10.9. The molecule has 0 spiro atoms. The van der Waals surface area contributed by atoms with Gasteiger partial charge in [0.25, 0.3) is 5.91 Å². The van der Waals surface area contributed by atoms with Crippen LogP contribution in [0, 0.1) is 5.82 Å². The number of hydrogen-bond donors (Lipinski definition) is 0. The Kier molecular flexibility index (Phi) is 7.62. The molecule has 1 atom stereocenters. The van der Waals surface area contributed by atoms with E-state index < -0.39 is 0 Å². The number of rotatable bonds is 4. The van der Waals surface area contributed by atoms with E-state index in [9.17, 15) is 14.0 Å². The fourth-order valence-corrected chi connectivity index (χ4v) is 6.26. The monoisotopic (exact) mass is 545 g/mol. The summed E-state index contributed by atoms with van der Waals surface area (Å²) in [7, 11) is 0. The summed E-state index contributed by atoms with van der Waals surface area (Å²) in [5, 5.41) is 2.82. The zero-order valence-corrected chi connectivity index (χ0v) is 22.0. The fraction of sp³-hybridized carbons (Fsp3) is 0.333. The zero-order chi connectivity index (χ0) is 25.2. The molecule has 2 amide bonds. The number of benzene rings is 2. The molecule has 0 bridgehead atoms. The van der Waals surface area contributed by atoms with Crippen molar-refractivity contribution in [3.8, 4) is 0 Å². The molecule has 0 saturated carbocycles. The summed E-state index contributed by atoms with van der Waals surface area (Å²) in [6.45, 7) is 3.05. The minimum absolute atomic E-state index is 0.0268. The molecular weight excluding hydrogens is 520 g/mol. The van der Waals surface area contributed by atoms with Crippen molar-refractivity contribution in [1.82, 2.24) is 14.7 Å². The maximum absolute atomic E-state index is 14.1. The fourth-order valence-electron chi connectivity index (χ4n) is 5.06. The Bertz CT molecular complexity index is 1280. The lowest BCUT2D eigenvalue weighted by atomic mass is 9.93. The van der Waals surface area contributed by atoms with Gasteiger partial charge in [-0.3, -0.25) is 14.5 Å². The molecule has 3 heterocycles. The predicted octanol–water partition coefficient (Wildman–Crippen LogP) is 5.52. The molecule has 2 aromatic carbocycles. The summed E-state index contributed by atoms with van der Waals surface area (Å²) in [6.07, 6.45) is 1.57. The van der Waals surface area contributed by atoms with Crippen LogP contribution in [0.5, 0.6) is 0 Å². The summed E-state index contributed by atoms with van der Waals surface area (Å²) >= 11 is 13.8. The van der Waals surface area contributed by atoms with Gasteiger partial charge in [-0.05, 0) is 65.7 Å². The van der Waals surface area contributed by atoms with Gasteiger partial charge in [0, 0.05) is 43.2 Å². The van der Waals surface area contributed by atoms with Gasteiger partial charge in [0.15, 0.2) is 0 Å². The third-order valence-electron chi connectivity index (χ3n) is 6.87. The van der Waals surface area contributed by atoms with Gasteiger partial charge in [-0.1, -0.05) is 35.3 Å². The van der Waals surface area contributed by atoms with Crippen LogP contribution in [0.1, 0.15) is 38.8 Å². The smallest absolute Gasteiger partial charge is 0.253 e. The van der Waals surface area contributed by atoms with Crippen molar-refractivity contribution in [2.45, 2.75) is 18.9 Å². The molecule has 5 rings (SSSR count). The van der Waals surface area contributed by atoms with Crippen molar-refractivity contribution >= 4 is 46.4 Å². The summed E-state index contributed by atoms with van der Waals surface area (Å²) in [5.74, 6) is -0.366. The molecular formula is C27H26Cl2FN3O2S. The van der Waals surface area contributed by atoms with Gasteiger partial charge in [0.1, 0.15) is 5.82 Å². The van der Waals surface area contributed by atoms with Gasteiger partial charge in [-0.2, -0.15) is 0 Å². The summed E-state index contributed by atoms with van der Waals surface area (Å²) < 4.78 is 14.1. The third-order valence-corrected chi connectivity index (χ3v) is 8.61. The molecule has 3 aromatic rings. The average molecular weight is 546 g/mol. The molecule has 9 heteroatoms. The molecule has 0 aliphatic carbocycles. The number of hydrogen-bond acceptors (Lipinski definition) is 4. The second-order valence-electron chi connectivity index (χ2n) is 9.13. The van der Waals surface area contributed by atoms with Gasteiger partial charge in [-0.15, -0.1) is 11.3 Å². The van der Waals surface area contributed by atoms with Crippen LogP contribution in [-0.4, -0.2) is 65.8 Å². The molecule has 1 fully saturated rings. The molecule has 36 heavy (non-hydrogen) atoms. The Morgan fingerprint density at radius 1 is 0.944 bits per heavy atom. The van der Waals surface area contributed by atoms with E-state index in [4.69, 9.17) is 23.2 Å². The highest BCUT2D eigenvalue weighted by Crippen LogP contribution is 2.37. The van der Waals surface area contributed by atoms with E-state index in [1.54, 1.807) is 46.6 Å².